The van der Waals surface area contributed by atoms with E-state index >= 15 is 0 Å². The molecule has 0 aliphatic heterocycles. The van der Waals surface area contributed by atoms with Gasteiger partial charge in [-0.1, -0.05) is 0 Å². The van der Waals surface area contributed by atoms with Crippen molar-refractivity contribution in [3.8, 4) is 0 Å². The summed E-state index contributed by atoms with van der Waals surface area (Å²) in [6.45, 7) is 0. The Hall–Kier alpha value is -1.03. The fourth-order valence-corrected chi connectivity index (χ4v) is 1.59. The third kappa shape index (κ3) is 2.48. The van der Waals surface area contributed by atoms with Gasteiger partial charge in [0.1, 0.15) is 5.82 Å². The molecule has 1 N–H and O–H groups in total. The third-order valence-electron chi connectivity index (χ3n) is 1.83. The van der Waals surface area contributed by atoms with Gasteiger partial charge in [-0.05, 0) is 24.5 Å². The highest BCUT2D eigenvalue weighted by molar-refractivity contribution is 7.99. The molecule has 76 valence electrons. The monoisotopic (exact) mass is 213 g/mol. The molecule has 2 nitrogen and oxygen atoms in total. The third-order valence-corrected chi connectivity index (χ3v) is 2.38. The lowest BCUT2D eigenvalue weighted by Gasteiger charge is -2.07. The Bertz CT molecular complexity index is 341. The van der Waals surface area contributed by atoms with Gasteiger partial charge in [0.15, 0.2) is 5.78 Å². The summed E-state index contributed by atoms with van der Waals surface area (Å²) in [5.41, 5.74) is 1.09. The van der Waals surface area contributed by atoms with Gasteiger partial charge in [0.2, 0.25) is 0 Å². The molecule has 0 aliphatic rings. The molecule has 14 heavy (non-hydrogen) atoms. The molecule has 0 spiro atoms. The Morgan fingerprint density at radius 3 is 2.86 bits per heavy atom. The molecule has 4 heteroatoms. The molecule has 0 saturated carbocycles. The van der Waals surface area contributed by atoms with E-state index in [1.165, 1.54) is 30.0 Å². The summed E-state index contributed by atoms with van der Waals surface area (Å²) in [6.07, 6.45) is 1.86. The van der Waals surface area contributed by atoms with Crippen LogP contribution in [-0.2, 0) is 0 Å². The molecule has 0 aromatic heterocycles. The fraction of sp³-hybridized carbons (Fsp3) is 0.300. The minimum absolute atomic E-state index is 0.0156. The van der Waals surface area contributed by atoms with Crippen molar-refractivity contribution in [1.29, 1.82) is 0 Å². The number of carbonyl (C=O) groups excluding carboxylic acids is 1. The lowest BCUT2D eigenvalue weighted by molar-refractivity contribution is 0.102. The van der Waals surface area contributed by atoms with E-state index in [1.807, 2.05) is 6.26 Å². The van der Waals surface area contributed by atoms with Crippen molar-refractivity contribution in [1.82, 2.24) is 0 Å². The van der Waals surface area contributed by atoms with Crippen molar-refractivity contribution in [2.45, 2.75) is 0 Å². The normalized spacial score (nSPS) is 9.93. The number of anilines is 1. The lowest BCUT2D eigenvalue weighted by atomic mass is 10.1. The largest absolute Gasteiger partial charge is 0.387 e. The van der Waals surface area contributed by atoms with Crippen LogP contribution in [-0.4, -0.2) is 24.8 Å². The van der Waals surface area contributed by atoms with E-state index in [2.05, 4.69) is 5.32 Å². The maximum Gasteiger partial charge on any atom is 0.174 e. The van der Waals surface area contributed by atoms with Crippen LogP contribution in [0.15, 0.2) is 18.2 Å². The molecule has 1 aromatic carbocycles. The number of rotatable bonds is 4. The first-order valence-electron chi connectivity index (χ1n) is 4.18. The van der Waals surface area contributed by atoms with Gasteiger partial charge in [0.05, 0.1) is 5.75 Å². The maximum absolute atomic E-state index is 12.8. The van der Waals surface area contributed by atoms with Gasteiger partial charge in [-0.25, -0.2) is 4.39 Å². The van der Waals surface area contributed by atoms with Crippen molar-refractivity contribution in [3.63, 3.8) is 0 Å². The number of nitrogens with one attached hydrogen (secondary N) is 1. The molecular formula is C10H12FNOS. The van der Waals surface area contributed by atoms with Crippen LogP contribution in [0.1, 0.15) is 10.4 Å². The Morgan fingerprint density at radius 1 is 1.57 bits per heavy atom. The number of carbonyl (C=O) groups is 1. The zero-order chi connectivity index (χ0) is 10.6. The van der Waals surface area contributed by atoms with Crippen LogP contribution < -0.4 is 5.32 Å². The van der Waals surface area contributed by atoms with Crippen molar-refractivity contribution < 1.29 is 9.18 Å². The highest BCUT2D eigenvalue weighted by atomic mass is 32.2. The van der Waals surface area contributed by atoms with Gasteiger partial charge < -0.3 is 5.32 Å². The predicted octanol–water partition coefficient (Wildman–Crippen LogP) is 2.41. The highest BCUT2D eigenvalue weighted by Gasteiger charge is 2.10. The summed E-state index contributed by atoms with van der Waals surface area (Å²) in [5.74, 6) is 0.0947. The standard InChI is InChI=1S/C10H12FNOS/c1-12-9-5-7(11)3-4-8(9)10(13)6-14-2/h3-5,12H,6H2,1-2H3. The molecule has 0 saturated heterocycles. The first kappa shape index (κ1) is 11.0. The fourth-order valence-electron chi connectivity index (χ4n) is 1.18. The van der Waals surface area contributed by atoms with Gasteiger partial charge in [-0.2, -0.15) is 11.8 Å². The number of benzene rings is 1. The second-order valence-electron chi connectivity index (χ2n) is 2.80. The van der Waals surface area contributed by atoms with Crippen LogP contribution in [0, 0.1) is 5.82 Å². The Labute approximate surface area is 86.9 Å². The van der Waals surface area contributed by atoms with Crippen LogP contribution in [0.3, 0.4) is 0 Å². The summed E-state index contributed by atoms with van der Waals surface area (Å²) in [4.78, 5) is 11.6. The second-order valence-corrected chi connectivity index (χ2v) is 3.66. The molecule has 0 atom stereocenters. The molecular weight excluding hydrogens is 201 g/mol. The van der Waals surface area contributed by atoms with E-state index in [-0.39, 0.29) is 11.6 Å². The molecule has 0 fully saturated rings. The summed E-state index contributed by atoms with van der Waals surface area (Å²) in [6, 6.07) is 4.14. The van der Waals surface area contributed by atoms with Crippen LogP contribution in [0.5, 0.6) is 0 Å². The van der Waals surface area contributed by atoms with Crippen LogP contribution in [0.2, 0.25) is 0 Å². The van der Waals surface area contributed by atoms with Crippen molar-refractivity contribution >= 4 is 23.2 Å². The molecule has 0 aliphatic carbocycles. The molecule has 0 amide bonds. The zero-order valence-electron chi connectivity index (χ0n) is 8.13. The van der Waals surface area contributed by atoms with E-state index in [0.717, 1.165) is 0 Å². The second kappa shape index (κ2) is 5.00. The molecule has 1 rings (SSSR count). The van der Waals surface area contributed by atoms with Crippen LogP contribution in [0.4, 0.5) is 10.1 Å². The Kier molecular flexibility index (Phi) is 3.95. The SMILES string of the molecule is CNc1cc(F)ccc1C(=O)CSC. The van der Waals surface area contributed by atoms with Crippen LogP contribution >= 0.6 is 11.8 Å². The van der Waals surface area contributed by atoms with Gasteiger partial charge in [0, 0.05) is 18.3 Å². The summed E-state index contributed by atoms with van der Waals surface area (Å²) >= 11 is 1.46. The van der Waals surface area contributed by atoms with E-state index in [9.17, 15) is 9.18 Å². The molecule has 0 heterocycles. The minimum Gasteiger partial charge on any atom is -0.387 e. The summed E-state index contributed by atoms with van der Waals surface area (Å²) in [7, 11) is 1.67. The zero-order valence-corrected chi connectivity index (χ0v) is 8.95. The number of halogens is 1. The minimum atomic E-state index is -0.338. The van der Waals surface area contributed by atoms with E-state index in [0.29, 0.717) is 17.0 Å². The number of ketones is 1. The van der Waals surface area contributed by atoms with Gasteiger partial charge in [0.25, 0.3) is 0 Å². The maximum atomic E-state index is 12.8. The van der Waals surface area contributed by atoms with Crippen molar-refractivity contribution in [2.75, 3.05) is 24.4 Å². The first-order valence-corrected chi connectivity index (χ1v) is 5.58. The predicted molar refractivity (Wildman–Crippen MR) is 58.7 cm³/mol. The van der Waals surface area contributed by atoms with Crippen molar-refractivity contribution in [3.05, 3.63) is 29.6 Å². The number of hydrogen-bond donors (Lipinski definition) is 1. The van der Waals surface area contributed by atoms with Crippen LogP contribution in [0.25, 0.3) is 0 Å². The molecule has 0 bridgehead atoms. The van der Waals surface area contributed by atoms with Gasteiger partial charge in [-0.3, -0.25) is 4.79 Å². The molecule has 0 radical (unpaired) electrons. The first-order chi connectivity index (χ1) is 6.69. The van der Waals surface area contributed by atoms with Gasteiger partial charge in [-0.15, -0.1) is 0 Å². The van der Waals surface area contributed by atoms with E-state index in [4.69, 9.17) is 0 Å². The average molecular weight is 213 g/mol. The van der Waals surface area contributed by atoms with E-state index < -0.39 is 0 Å². The Balaban J connectivity index is 3.01. The number of thioether (sulfide) groups is 1. The molecule has 0 unspecified atom stereocenters. The summed E-state index contributed by atoms with van der Waals surface area (Å²) in [5, 5.41) is 2.81. The molecule has 1 aromatic rings. The quantitative estimate of drug-likeness (QED) is 0.779. The topological polar surface area (TPSA) is 29.1 Å². The van der Waals surface area contributed by atoms with E-state index in [1.54, 1.807) is 7.05 Å². The smallest absolute Gasteiger partial charge is 0.174 e. The van der Waals surface area contributed by atoms with Crippen molar-refractivity contribution in [2.24, 2.45) is 0 Å². The summed E-state index contributed by atoms with van der Waals surface area (Å²) < 4.78 is 12.8. The Morgan fingerprint density at radius 2 is 2.29 bits per heavy atom. The number of hydrogen-bond acceptors (Lipinski definition) is 3. The lowest BCUT2D eigenvalue weighted by Crippen LogP contribution is -2.06. The highest BCUT2D eigenvalue weighted by Crippen LogP contribution is 2.18. The number of Topliss-reactive ketones (excluding diaryl/α,β-unsaturated/α-hetero) is 1. The average Bonchev–Trinajstić information content (AvgIpc) is 2.17. The van der Waals surface area contributed by atoms with Gasteiger partial charge >= 0.3 is 0 Å².